The molecule has 2 fully saturated rings. The van der Waals surface area contributed by atoms with Crippen LogP contribution in [0, 0.1) is 0 Å². The maximum atomic E-state index is 5.76. The van der Waals surface area contributed by atoms with E-state index in [4.69, 9.17) is 9.47 Å². The molecule has 0 aliphatic carbocycles. The number of morpholine rings is 1. The van der Waals surface area contributed by atoms with Crippen LogP contribution in [0.25, 0.3) is 0 Å². The maximum absolute atomic E-state index is 5.76. The summed E-state index contributed by atoms with van der Waals surface area (Å²) < 4.78 is 11.2. The van der Waals surface area contributed by atoms with E-state index in [1.807, 2.05) is 11.8 Å². The maximum Gasteiger partial charge on any atom is 0.0940 e. The van der Waals surface area contributed by atoms with Crippen molar-refractivity contribution >= 4 is 11.8 Å². The van der Waals surface area contributed by atoms with Gasteiger partial charge in [0.1, 0.15) is 0 Å². The molecule has 76 valence electrons. The summed E-state index contributed by atoms with van der Waals surface area (Å²) in [4.78, 5) is 2.50. The number of fused-ring (bicyclic) bond motifs is 2. The summed E-state index contributed by atoms with van der Waals surface area (Å²) in [6.07, 6.45) is 2.81. The molecule has 4 heteroatoms. The Morgan fingerprint density at radius 2 is 2.00 bits per heavy atom. The first kappa shape index (κ1) is 9.77. The third-order valence-electron chi connectivity index (χ3n) is 2.53. The Balaban J connectivity index is 1.80. The first-order valence-electron chi connectivity index (χ1n) is 4.83. The standard InChI is InChI=1S/C9H17NO2S/c1-13-3-2-10-4-8-6-11-7-9(5-10)12-8/h8-9H,2-7H2,1H3. The highest BCUT2D eigenvalue weighted by molar-refractivity contribution is 7.98. The zero-order chi connectivity index (χ0) is 9.10. The fourth-order valence-electron chi connectivity index (χ4n) is 1.93. The van der Waals surface area contributed by atoms with E-state index < -0.39 is 0 Å². The molecule has 2 rings (SSSR count). The number of hydrogen-bond acceptors (Lipinski definition) is 4. The largest absolute Gasteiger partial charge is 0.376 e. The third-order valence-corrected chi connectivity index (χ3v) is 3.12. The van der Waals surface area contributed by atoms with Gasteiger partial charge in [-0.1, -0.05) is 0 Å². The quantitative estimate of drug-likeness (QED) is 0.664. The second-order valence-corrected chi connectivity index (χ2v) is 4.66. The molecule has 3 nitrogen and oxygen atoms in total. The van der Waals surface area contributed by atoms with E-state index in [0.29, 0.717) is 12.2 Å². The van der Waals surface area contributed by atoms with Crippen molar-refractivity contribution in [2.24, 2.45) is 0 Å². The van der Waals surface area contributed by atoms with E-state index in [1.165, 1.54) is 12.3 Å². The van der Waals surface area contributed by atoms with Crippen molar-refractivity contribution in [3.63, 3.8) is 0 Å². The van der Waals surface area contributed by atoms with Gasteiger partial charge in [-0.25, -0.2) is 0 Å². The van der Waals surface area contributed by atoms with Crippen molar-refractivity contribution in [3.8, 4) is 0 Å². The van der Waals surface area contributed by atoms with Crippen LogP contribution in [-0.2, 0) is 9.47 Å². The van der Waals surface area contributed by atoms with Crippen molar-refractivity contribution in [1.82, 2.24) is 4.90 Å². The Hall–Kier alpha value is 0.230. The molecule has 0 aromatic heterocycles. The highest BCUT2D eigenvalue weighted by Gasteiger charge is 2.31. The highest BCUT2D eigenvalue weighted by atomic mass is 32.2. The predicted octanol–water partition coefficient (Wildman–Crippen LogP) is 0.449. The average Bonchev–Trinajstić information content (AvgIpc) is 2.14. The molecular formula is C9H17NO2S. The fourth-order valence-corrected chi connectivity index (χ4v) is 2.37. The summed E-state index contributed by atoms with van der Waals surface area (Å²) in [5.74, 6) is 1.22. The van der Waals surface area contributed by atoms with Crippen LogP contribution in [0.5, 0.6) is 0 Å². The molecule has 2 atom stereocenters. The molecule has 2 aliphatic rings. The average molecular weight is 203 g/mol. The topological polar surface area (TPSA) is 21.7 Å². The summed E-state index contributed by atoms with van der Waals surface area (Å²) >= 11 is 1.91. The van der Waals surface area contributed by atoms with Crippen LogP contribution < -0.4 is 0 Å². The molecule has 0 spiro atoms. The molecular weight excluding hydrogens is 186 g/mol. The normalized spacial score (nSPS) is 34.8. The molecule has 2 heterocycles. The summed E-state index contributed by atoms with van der Waals surface area (Å²) in [6, 6.07) is 0. The van der Waals surface area contributed by atoms with Gasteiger partial charge in [-0.05, 0) is 6.26 Å². The molecule has 0 radical (unpaired) electrons. The Morgan fingerprint density at radius 1 is 1.31 bits per heavy atom. The monoisotopic (exact) mass is 203 g/mol. The molecule has 2 saturated heterocycles. The van der Waals surface area contributed by atoms with Crippen molar-refractivity contribution in [1.29, 1.82) is 0 Å². The van der Waals surface area contributed by atoms with Crippen molar-refractivity contribution in [2.75, 3.05) is 44.9 Å². The second kappa shape index (κ2) is 4.64. The van der Waals surface area contributed by atoms with Gasteiger partial charge in [0.2, 0.25) is 0 Å². The van der Waals surface area contributed by atoms with Crippen LogP contribution >= 0.6 is 11.8 Å². The van der Waals surface area contributed by atoms with Gasteiger partial charge in [-0.2, -0.15) is 11.8 Å². The van der Waals surface area contributed by atoms with Gasteiger partial charge in [0, 0.05) is 25.4 Å². The van der Waals surface area contributed by atoms with E-state index in [9.17, 15) is 0 Å². The lowest BCUT2D eigenvalue weighted by molar-refractivity contribution is -0.178. The molecule has 13 heavy (non-hydrogen) atoms. The van der Waals surface area contributed by atoms with Crippen LogP contribution in [-0.4, -0.2) is 62.0 Å². The molecule has 2 bridgehead atoms. The minimum absolute atomic E-state index is 0.328. The SMILES string of the molecule is CSCCN1CC2COCC(C1)O2. The van der Waals surface area contributed by atoms with Gasteiger partial charge in [0.15, 0.2) is 0 Å². The van der Waals surface area contributed by atoms with Crippen LogP contribution in [0.2, 0.25) is 0 Å². The number of hydrogen-bond donors (Lipinski definition) is 0. The number of thioether (sulfide) groups is 1. The van der Waals surface area contributed by atoms with Gasteiger partial charge in [-0.3, -0.25) is 4.90 Å². The second-order valence-electron chi connectivity index (χ2n) is 3.67. The summed E-state index contributed by atoms with van der Waals surface area (Å²) in [7, 11) is 0. The van der Waals surface area contributed by atoms with Gasteiger partial charge in [0.05, 0.1) is 25.4 Å². The van der Waals surface area contributed by atoms with Gasteiger partial charge < -0.3 is 9.47 Å². The summed E-state index contributed by atoms with van der Waals surface area (Å²) in [5, 5.41) is 0. The summed E-state index contributed by atoms with van der Waals surface area (Å²) in [5.41, 5.74) is 0. The smallest absolute Gasteiger partial charge is 0.0940 e. The minimum atomic E-state index is 0.328. The molecule has 0 saturated carbocycles. The highest BCUT2D eigenvalue weighted by Crippen LogP contribution is 2.16. The molecule has 0 aromatic carbocycles. The molecule has 2 unspecified atom stereocenters. The predicted molar refractivity (Wildman–Crippen MR) is 54.3 cm³/mol. The lowest BCUT2D eigenvalue weighted by Crippen LogP contribution is -2.54. The van der Waals surface area contributed by atoms with Crippen molar-refractivity contribution in [2.45, 2.75) is 12.2 Å². The Labute approximate surface area is 83.8 Å². The fraction of sp³-hybridized carbons (Fsp3) is 1.00. The number of rotatable bonds is 3. The summed E-state index contributed by atoms with van der Waals surface area (Å²) in [6.45, 7) is 4.87. The van der Waals surface area contributed by atoms with Gasteiger partial charge >= 0.3 is 0 Å². The molecule has 0 aromatic rings. The lowest BCUT2D eigenvalue weighted by atomic mass is 10.2. The van der Waals surface area contributed by atoms with E-state index >= 15 is 0 Å². The Bertz CT molecular complexity index is 156. The Morgan fingerprint density at radius 3 is 2.62 bits per heavy atom. The van der Waals surface area contributed by atoms with Crippen LogP contribution in [0.3, 0.4) is 0 Å². The minimum Gasteiger partial charge on any atom is -0.376 e. The lowest BCUT2D eigenvalue weighted by Gasteiger charge is -2.41. The van der Waals surface area contributed by atoms with Crippen molar-refractivity contribution in [3.05, 3.63) is 0 Å². The molecule has 0 amide bonds. The van der Waals surface area contributed by atoms with E-state index in [2.05, 4.69) is 11.2 Å². The van der Waals surface area contributed by atoms with Gasteiger partial charge in [-0.15, -0.1) is 0 Å². The van der Waals surface area contributed by atoms with E-state index in [0.717, 1.165) is 26.3 Å². The van der Waals surface area contributed by atoms with Crippen LogP contribution in [0.15, 0.2) is 0 Å². The number of ether oxygens (including phenoxy) is 2. The van der Waals surface area contributed by atoms with E-state index in [1.54, 1.807) is 0 Å². The first-order valence-corrected chi connectivity index (χ1v) is 6.22. The first-order chi connectivity index (χ1) is 6.38. The molecule has 2 aliphatic heterocycles. The van der Waals surface area contributed by atoms with Crippen LogP contribution in [0.4, 0.5) is 0 Å². The Kier molecular flexibility index (Phi) is 3.49. The van der Waals surface area contributed by atoms with Gasteiger partial charge in [0.25, 0.3) is 0 Å². The van der Waals surface area contributed by atoms with E-state index in [-0.39, 0.29) is 0 Å². The van der Waals surface area contributed by atoms with Crippen molar-refractivity contribution < 1.29 is 9.47 Å². The zero-order valence-electron chi connectivity index (χ0n) is 8.07. The number of nitrogens with zero attached hydrogens (tertiary/aromatic N) is 1. The zero-order valence-corrected chi connectivity index (χ0v) is 8.89. The molecule has 0 N–H and O–H groups in total. The third kappa shape index (κ3) is 2.59. The van der Waals surface area contributed by atoms with Crippen LogP contribution in [0.1, 0.15) is 0 Å².